The van der Waals surface area contributed by atoms with E-state index < -0.39 is 0 Å². The second kappa shape index (κ2) is 11.0. The Morgan fingerprint density at radius 2 is 1.48 bits per heavy atom. The number of hydrogen-bond acceptors (Lipinski definition) is 5. The van der Waals surface area contributed by atoms with E-state index in [9.17, 15) is 9.59 Å². The van der Waals surface area contributed by atoms with Crippen LogP contribution in [0.3, 0.4) is 0 Å². The molecule has 0 aliphatic rings. The van der Waals surface area contributed by atoms with Crippen LogP contribution in [0, 0.1) is 11.8 Å². The maximum absolute atomic E-state index is 12.8. The summed E-state index contributed by atoms with van der Waals surface area (Å²) in [6.07, 6.45) is 0. The Labute approximate surface area is 194 Å². The zero-order chi connectivity index (χ0) is 23.8. The van der Waals surface area contributed by atoms with Gasteiger partial charge in [0.1, 0.15) is 5.75 Å². The van der Waals surface area contributed by atoms with E-state index in [4.69, 9.17) is 9.47 Å². The molecule has 3 aromatic rings. The minimum Gasteiger partial charge on any atom is -0.495 e. The molecule has 1 amide bonds. The van der Waals surface area contributed by atoms with Gasteiger partial charge in [0.25, 0.3) is 5.91 Å². The van der Waals surface area contributed by atoms with Crippen LogP contribution in [0.2, 0.25) is 0 Å². The van der Waals surface area contributed by atoms with Gasteiger partial charge in [0.2, 0.25) is 0 Å². The number of nitrogens with zero attached hydrogens (tertiary/aromatic N) is 1. The third-order valence-corrected chi connectivity index (χ3v) is 4.86. The Morgan fingerprint density at radius 1 is 0.879 bits per heavy atom. The molecule has 0 unspecified atom stereocenters. The number of carbonyl (C=O) groups excluding carboxylic acids is 2. The van der Waals surface area contributed by atoms with E-state index in [1.54, 1.807) is 37.4 Å². The van der Waals surface area contributed by atoms with Gasteiger partial charge in [-0.3, -0.25) is 9.69 Å². The molecule has 6 nitrogen and oxygen atoms in total. The number of benzene rings is 3. The number of ether oxygens (including phenoxy) is 2. The number of amides is 1. The maximum atomic E-state index is 12.8. The molecule has 168 valence electrons. The molecule has 3 aromatic carbocycles. The molecule has 0 saturated carbocycles. The van der Waals surface area contributed by atoms with Crippen molar-refractivity contribution < 1.29 is 19.1 Å². The van der Waals surface area contributed by atoms with Gasteiger partial charge in [-0.1, -0.05) is 36.1 Å². The summed E-state index contributed by atoms with van der Waals surface area (Å²) in [4.78, 5) is 26.3. The van der Waals surface area contributed by atoms with Crippen LogP contribution in [0.25, 0.3) is 11.1 Å². The molecule has 0 radical (unpaired) electrons. The Kier molecular flexibility index (Phi) is 7.85. The van der Waals surface area contributed by atoms with E-state index >= 15 is 0 Å². The second-order valence-electron chi connectivity index (χ2n) is 7.56. The quantitative estimate of drug-likeness (QED) is 0.455. The number of methoxy groups -OCH3 is 2. The maximum Gasteiger partial charge on any atom is 0.337 e. The fourth-order valence-corrected chi connectivity index (χ4v) is 3.11. The lowest BCUT2D eigenvalue weighted by Crippen LogP contribution is -2.12. The third kappa shape index (κ3) is 6.22. The number of carbonyl (C=O) groups is 2. The average Bonchev–Trinajstić information content (AvgIpc) is 2.83. The molecule has 0 saturated heterocycles. The predicted octanol–water partition coefficient (Wildman–Crippen LogP) is 4.31. The molecule has 1 N–H and O–H groups in total. The molecule has 0 bridgehead atoms. The van der Waals surface area contributed by atoms with Crippen molar-refractivity contribution in [1.82, 2.24) is 4.90 Å². The fraction of sp³-hybridized carbons (Fsp3) is 0.185. The summed E-state index contributed by atoms with van der Waals surface area (Å²) in [5, 5.41) is 2.91. The summed E-state index contributed by atoms with van der Waals surface area (Å²) < 4.78 is 10.1. The summed E-state index contributed by atoms with van der Waals surface area (Å²) in [6, 6.07) is 19.8. The summed E-state index contributed by atoms with van der Waals surface area (Å²) in [6.45, 7) is 0.608. The van der Waals surface area contributed by atoms with Gasteiger partial charge in [0.15, 0.2) is 0 Å². The highest BCUT2D eigenvalue weighted by Gasteiger charge is 2.10. The van der Waals surface area contributed by atoms with Crippen LogP contribution in [0.4, 0.5) is 5.69 Å². The van der Waals surface area contributed by atoms with Crippen LogP contribution in [0.1, 0.15) is 26.3 Å². The Hall–Kier alpha value is -4.08. The largest absolute Gasteiger partial charge is 0.495 e. The van der Waals surface area contributed by atoms with Crippen LogP contribution >= 0.6 is 0 Å². The van der Waals surface area contributed by atoms with E-state index in [1.807, 2.05) is 55.4 Å². The molecule has 0 fully saturated rings. The third-order valence-electron chi connectivity index (χ3n) is 4.86. The highest BCUT2D eigenvalue weighted by atomic mass is 16.5. The summed E-state index contributed by atoms with van der Waals surface area (Å²) >= 11 is 0. The highest BCUT2D eigenvalue weighted by molar-refractivity contribution is 6.04. The zero-order valence-corrected chi connectivity index (χ0v) is 19.1. The lowest BCUT2D eigenvalue weighted by molar-refractivity contribution is 0.0600. The standard InChI is InChI=1S/C27H26N2O4/c1-29(2)17-5-6-22-18-23(13-16-25(22)32-3)26(30)28-24-14-11-20(12-15-24)19-7-9-21(10-8-19)27(31)33-4/h7-16,18H,17H2,1-4H3,(H,28,30). The summed E-state index contributed by atoms with van der Waals surface area (Å²) in [7, 11) is 6.82. The Balaban J connectivity index is 1.72. The molecule has 0 aliphatic heterocycles. The van der Waals surface area contributed by atoms with Gasteiger partial charge in [0.05, 0.1) is 31.9 Å². The number of nitrogens with one attached hydrogen (secondary N) is 1. The van der Waals surface area contributed by atoms with Gasteiger partial charge in [-0.2, -0.15) is 0 Å². The van der Waals surface area contributed by atoms with Crippen molar-refractivity contribution in [3.63, 3.8) is 0 Å². The lowest BCUT2D eigenvalue weighted by Gasteiger charge is -2.09. The second-order valence-corrected chi connectivity index (χ2v) is 7.56. The van der Waals surface area contributed by atoms with Crippen LogP contribution in [-0.2, 0) is 4.74 Å². The first-order valence-corrected chi connectivity index (χ1v) is 10.3. The van der Waals surface area contributed by atoms with Gasteiger partial charge < -0.3 is 14.8 Å². The molecular formula is C27H26N2O4. The van der Waals surface area contributed by atoms with Crippen molar-refractivity contribution in [3.8, 4) is 28.7 Å². The number of hydrogen-bond donors (Lipinski definition) is 1. The van der Waals surface area contributed by atoms with E-state index in [-0.39, 0.29) is 11.9 Å². The molecule has 6 heteroatoms. The lowest BCUT2D eigenvalue weighted by atomic mass is 10.0. The summed E-state index contributed by atoms with van der Waals surface area (Å²) in [5.41, 5.74) is 4.25. The molecule has 0 heterocycles. The molecule has 3 rings (SSSR count). The summed E-state index contributed by atoms with van der Waals surface area (Å²) in [5.74, 6) is 6.16. The van der Waals surface area contributed by atoms with Crippen LogP contribution < -0.4 is 10.1 Å². The van der Waals surface area contributed by atoms with Gasteiger partial charge in [-0.05, 0) is 67.7 Å². The molecule has 0 atom stereocenters. The van der Waals surface area contributed by atoms with Crippen molar-refractivity contribution in [1.29, 1.82) is 0 Å². The van der Waals surface area contributed by atoms with Gasteiger partial charge in [-0.25, -0.2) is 4.79 Å². The molecular weight excluding hydrogens is 416 g/mol. The predicted molar refractivity (Wildman–Crippen MR) is 130 cm³/mol. The zero-order valence-electron chi connectivity index (χ0n) is 19.1. The number of anilines is 1. The molecule has 0 aromatic heterocycles. The average molecular weight is 443 g/mol. The first kappa shape index (κ1) is 23.6. The van der Waals surface area contributed by atoms with Crippen molar-refractivity contribution in [2.45, 2.75) is 0 Å². The normalized spacial score (nSPS) is 10.2. The van der Waals surface area contributed by atoms with Crippen molar-refractivity contribution >= 4 is 17.6 Å². The number of rotatable bonds is 6. The Bertz CT molecular complexity index is 1190. The molecule has 33 heavy (non-hydrogen) atoms. The van der Waals surface area contributed by atoms with Crippen molar-refractivity contribution in [2.75, 3.05) is 40.2 Å². The van der Waals surface area contributed by atoms with Gasteiger partial charge in [0, 0.05) is 11.3 Å². The number of esters is 1. The van der Waals surface area contributed by atoms with Gasteiger partial charge >= 0.3 is 5.97 Å². The van der Waals surface area contributed by atoms with Crippen molar-refractivity contribution in [3.05, 3.63) is 83.4 Å². The fourth-order valence-electron chi connectivity index (χ4n) is 3.11. The molecule has 0 aliphatic carbocycles. The minimum atomic E-state index is -0.370. The monoisotopic (exact) mass is 442 g/mol. The van der Waals surface area contributed by atoms with E-state index in [0.29, 0.717) is 34.7 Å². The van der Waals surface area contributed by atoms with Crippen LogP contribution in [0.5, 0.6) is 5.75 Å². The first-order valence-electron chi connectivity index (χ1n) is 10.3. The van der Waals surface area contributed by atoms with Crippen molar-refractivity contribution in [2.24, 2.45) is 0 Å². The van der Waals surface area contributed by atoms with Crippen LogP contribution in [-0.4, -0.2) is 51.6 Å². The first-order chi connectivity index (χ1) is 15.9. The highest BCUT2D eigenvalue weighted by Crippen LogP contribution is 2.23. The Morgan fingerprint density at radius 3 is 2.06 bits per heavy atom. The smallest absolute Gasteiger partial charge is 0.337 e. The molecule has 0 spiro atoms. The van der Waals surface area contributed by atoms with E-state index in [1.165, 1.54) is 7.11 Å². The minimum absolute atomic E-state index is 0.233. The SMILES string of the molecule is COC(=O)c1ccc(-c2ccc(NC(=O)c3ccc(OC)c(C#CCN(C)C)c3)cc2)cc1. The van der Waals surface area contributed by atoms with E-state index in [2.05, 4.69) is 17.2 Å². The van der Waals surface area contributed by atoms with Gasteiger partial charge in [-0.15, -0.1) is 0 Å². The van der Waals surface area contributed by atoms with E-state index in [0.717, 1.165) is 11.1 Å². The topological polar surface area (TPSA) is 67.9 Å². The van der Waals surface area contributed by atoms with Crippen LogP contribution in [0.15, 0.2) is 66.7 Å².